The standard InChI is InChI=1S/C11H22N4/c1-10(2,3)8-11(4,5)13-9-6-7-12-15-14-9/h6-7,12,15H,8H2,1-5H3,(H,13,14). The first-order valence-electron chi connectivity index (χ1n) is 5.32. The summed E-state index contributed by atoms with van der Waals surface area (Å²) >= 11 is 0. The van der Waals surface area contributed by atoms with Gasteiger partial charge in [-0.2, -0.15) is 0 Å². The lowest BCUT2D eigenvalue weighted by Crippen LogP contribution is -2.47. The second-order valence-corrected chi connectivity index (χ2v) is 5.77. The number of aliphatic imine (C=N–C) groups is 1. The van der Waals surface area contributed by atoms with E-state index in [2.05, 4.69) is 56.0 Å². The summed E-state index contributed by atoms with van der Waals surface area (Å²) in [6.45, 7) is 11.0. The monoisotopic (exact) mass is 210 g/mol. The van der Waals surface area contributed by atoms with E-state index in [0.717, 1.165) is 12.3 Å². The van der Waals surface area contributed by atoms with Crippen molar-refractivity contribution in [1.82, 2.24) is 16.4 Å². The summed E-state index contributed by atoms with van der Waals surface area (Å²) in [5, 5.41) is 0. The summed E-state index contributed by atoms with van der Waals surface area (Å²) < 4.78 is 0. The fourth-order valence-electron chi connectivity index (χ4n) is 2.03. The van der Waals surface area contributed by atoms with E-state index in [9.17, 15) is 0 Å². The van der Waals surface area contributed by atoms with Crippen LogP contribution >= 0.6 is 0 Å². The van der Waals surface area contributed by atoms with Crippen molar-refractivity contribution in [3.63, 3.8) is 0 Å². The van der Waals surface area contributed by atoms with Gasteiger partial charge in [-0.1, -0.05) is 20.8 Å². The average Bonchev–Trinajstić information content (AvgIpc) is 1.99. The Labute approximate surface area is 92.2 Å². The lowest BCUT2D eigenvalue weighted by molar-refractivity contribution is 0.287. The molecule has 0 aliphatic carbocycles. The van der Waals surface area contributed by atoms with Gasteiger partial charge < -0.3 is 5.43 Å². The zero-order valence-corrected chi connectivity index (χ0v) is 10.3. The van der Waals surface area contributed by atoms with E-state index >= 15 is 0 Å². The van der Waals surface area contributed by atoms with Gasteiger partial charge in [-0.05, 0) is 31.8 Å². The highest BCUT2D eigenvalue weighted by Crippen LogP contribution is 2.29. The normalized spacial score (nSPS) is 19.9. The summed E-state index contributed by atoms with van der Waals surface area (Å²) in [7, 11) is 0. The molecule has 0 saturated carbocycles. The van der Waals surface area contributed by atoms with Crippen molar-refractivity contribution in [3.05, 3.63) is 12.3 Å². The van der Waals surface area contributed by atoms with Crippen molar-refractivity contribution in [3.8, 4) is 0 Å². The van der Waals surface area contributed by atoms with Crippen LogP contribution in [0.1, 0.15) is 41.0 Å². The third-order valence-corrected chi connectivity index (χ3v) is 1.97. The van der Waals surface area contributed by atoms with Crippen molar-refractivity contribution < 1.29 is 0 Å². The molecule has 0 saturated heterocycles. The Morgan fingerprint density at radius 3 is 2.33 bits per heavy atom. The SMILES string of the molecule is CC(C)(C)CC(C)(C)N=C1C=CNNN1. The molecule has 4 nitrogen and oxygen atoms in total. The Hall–Kier alpha value is -1.03. The van der Waals surface area contributed by atoms with Crippen LogP contribution in [0.3, 0.4) is 0 Å². The van der Waals surface area contributed by atoms with Crippen LogP contribution < -0.4 is 16.4 Å². The summed E-state index contributed by atoms with van der Waals surface area (Å²) in [4.78, 5) is 4.67. The smallest absolute Gasteiger partial charge is 0.138 e. The first-order chi connectivity index (χ1) is 6.79. The van der Waals surface area contributed by atoms with Gasteiger partial charge in [-0.15, -0.1) is 5.53 Å². The molecule has 0 radical (unpaired) electrons. The Bertz CT molecular complexity index is 271. The van der Waals surface area contributed by atoms with Crippen LogP contribution in [-0.4, -0.2) is 11.4 Å². The molecule has 0 unspecified atom stereocenters. The van der Waals surface area contributed by atoms with Crippen LogP contribution in [0.4, 0.5) is 0 Å². The fraction of sp³-hybridized carbons (Fsp3) is 0.727. The predicted octanol–water partition coefficient (Wildman–Crippen LogP) is 1.73. The summed E-state index contributed by atoms with van der Waals surface area (Å²) in [6, 6.07) is 0. The Kier molecular flexibility index (Phi) is 3.39. The van der Waals surface area contributed by atoms with E-state index in [0.29, 0.717) is 0 Å². The van der Waals surface area contributed by atoms with Crippen molar-refractivity contribution in [1.29, 1.82) is 0 Å². The molecule has 0 atom stereocenters. The molecule has 0 aromatic rings. The molecular formula is C11H22N4. The maximum Gasteiger partial charge on any atom is 0.138 e. The number of nitrogens with zero attached hydrogens (tertiary/aromatic N) is 1. The first kappa shape index (κ1) is 12.0. The minimum absolute atomic E-state index is 0.0516. The van der Waals surface area contributed by atoms with Crippen molar-refractivity contribution in [2.24, 2.45) is 10.4 Å². The number of hydrazine groups is 2. The minimum atomic E-state index is -0.0516. The van der Waals surface area contributed by atoms with Crippen molar-refractivity contribution >= 4 is 5.84 Å². The Balaban J connectivity index is 2.69. The molecule has 1 rings (SSSR count). The molecule has 0 amide bonds. The minimum Gasteiger partial charge on any atom is -0.311 e. The van der Waals surface area contributed by atoms with Crippen LogP contribution in [0.2, 0.25) is 0 Å². The quantitative estimate of drug-likeness (QED) is 0.650. The molecule has 1 heterocycles. The molecule has 1 aliphatic heterocycles. The highest BCUT2D eigenvalue weighted by molar-refractivity contribution is 5.93. The third-order valence-electron chi connectivity index (χ3n) is 1.97. The number of hydrogen-bond donors (Lipinski definition) is 3. The molecule has 15 heavy (non-hydrogen) atoms. The van der Waals surface area contributed by atoms with Crippen molar-refractivity contribution in [2.75, 3.05) is 0 Å². The molecule has 86 valence electrons. The van der Waals surface area contributed by atoms with Gasteiger partial charge in [-0.25, -0.2) is 0 Å². The fourth-order valence-corrected chi connectivity index (χ4v) is 2.03. The topological polar surface area (TPSA) is 48.5 Å². The summed E-state index contributed by atoms with van der Waals surface area (Å²) in [6.07, 6.45) is 4.79. The van der Waals surface area contributed by atoms with Crippen molar-refractivity contribution in [2.45, 2.75) is 46.6 Å². The Morgan fingerprint density at radius 1 is 1.20 bits per heavy atom. The van der Waals surface area contributed by atoms with Gasteiger partial charge in [0.1, 0.15) is 5.84 Å². The van der Waals surface area contributed by atoms with Gasteiger partial charge in [0.15, 0.2) is 0 Å². The van der Waals surface area contributed by atoms with E-state index in [1.807, 2.05) is 12.3 Å². The summed E-state index contributed by atoms with van der Waals surface area (Å²) in [5.74, 6) is 0.864. The molecule has 0 aromatic carbocycles. The van der Waals surface area contributed by atoms with Crippen LogP contribution in [-0.2, 0) is 0 Å². The molecule has 0 spiro atoms. The van der Waals surface area contributed by atoms with E-state index in [1.54, 1.807) is 0 Å². The maximum absolute atomic E-state index is 4.67. The van der Waals surface area contributed by atoms with E-state index in [4.69, 9.17) is 0 Å². The van der Waals surface area contributed by atoms with Gasteiger partial charge >= 0.3 is 0 Å². The van der Waals surface area contributed by atoms with E-state index in [-0.39, 0.29) is 11.0 Å². The molecule has 3 N–H and O–H groups in total. The maximum atomic E-state index is 4.67. The first-order valence-corrected chi connectivity index (χ1v) is 5.32. The molecular weight excluding hydrogens is 188 g/mol. The lowest BCUT2D eigenvalue weighted by Gasteiger charge is -2.30. The second-order valence-electron chi connectivity index (χ2n) is 5.77. The molecule has 0 bridgehead atoms. The number of nitrogens with one attached hydrogen (secondary N) is 3. The summed E-state index contributed by atoms with van der Waals surface area (Å²) in [5.41, 5.74) is 8.83. The third kappa shape index (κ3) is 4.83. The predicted molar refractivity (Wildman–Crippen MR) is 64.1 cm³/mol. The van der Waals surface area contributed by atoms with Gasteiger partial charge in [0.2, 0.25) is 0 Å². The number of amidine groups is 1. The highest BCUT2D eigenvalue weighted by Gasteiger charge is 2.25. The van der Waals surface area contributed by atoms with Crippen LogP contribution in [0.15, 0.2) is 17.3 Å². The highest BCUT2D eigenvalue weighted by atomic mass is 15.6. The average molecular weight is 210 g/mol. The van der Waals surface area contributed by atoms with Gasteiger partial charge in [0, 0.05) is 6.20 Å². The van der Waals surface area contributed by atoms with Crippen LogP contribution in [0.5, 0.6) is 0 Å². The zero-order chi connectivity index (χ0) is 11.5. The molecule has 0 fully saturated rings. The Morgan fingerprint density at radius 2 is 1.87 bits per heavy atom. The molecule has 4 heteroatoms. The van der Waals surface area contributed by atoms with Crippen LogP contribution in [0, 0.1) is 5.41 Å². The van der Waals surface area contributed by atoms with E-state index in [1.165, 1.54) is 0 Å². The van der Waals surface area contributed by atoms with E-state index < -0.39 is 0 Å². The second kappa shape index (κ2) is 4.23. The largest absolute Gasteiger partial charge is 0.311 e. The molecule has 1 aliphatic rings. The van der Waals surface area contributed by atoms with Gasteiger partial charge in [-0.3, -0.25) is 10.4 Å². The van der Waals surface area contributed by atoms with Gasteiger partial charge in [0.05, 0.1) is 5.54 Å². The van der Waals surface area contributed by atoms with Crippen LogP contribution in [0.25, 0.3) is 0 Å². The zero-order valence-electron chi connectivity index (χ0n) is 10.3. The number of rotatable bonds is 2. The lowest BCUT2D eigenvalue weighted by atomic mass is 9.82. The molecule has 0 aromatic heterocycles. The number of hydrogen-bond acceptors (Lipinski definition) is 3. The van der Waals surface area contributed by atoms with Gasteiger partial charge in [0.25, 0.3) is 0 Å².